The molecule has 0 fully saturated rings. The topological polar surface area (TPSA) is 84.5 Å². The van der Waals surface area contributed by atoms with Gasteiger partial charge in [-0.05, 0) is 48.2 Å². The lowest BCUT2D eigenvalue weighted by atomic mass is 10.1. The third-order valence-electron chi connectivity index (χ3n) is 4.82. The van der Waals surface area contributed by atoms with Crippen LogP contribution in [-0.2, 0) is 27.7 Å². The fraction of sp³-hybridized carbons (Fsp3) is 0.208. The average molecular weight is 439 g/mol. The predicted octanol–water partition coefficient (Wildman–Crippen LogP) is 2.94. The van der Waals surface area contributed by atoms with Crippen LogP contribution in [-0.4, -0.2) is 34.0 Å². The van der Waals surface area contributed by atoms with Crippen molar-refractivity contribution < 1.29 is 17.9 Å². The van der Waals surface area contributed by atoms with Gasteiger partial charge in [-0.15, -0.1) is 0 Å². The highest BCUT2D eigenvalue weighted by Crippen LogP contribution is 2.12. The van der Waals surface area contributed by atoms with Crippen molar-refractivity contribution in [2.75, 3.05) is 13.7 Å². The van der Waals surface area contributed by atoms with Gasteiger partial charge in [-0.25, -0.2) is 8.42 Å². The van der Waals surface area contributed by atoms with Crippen LogP contribution in [0.2, 0.25) is 0 Å². The van der Waals surface area contributed by atoms with Crippen LogP contribution in [0.1, 0.15) is 11.1 Å². The third-order valence-corrected chi connectivity index (χ3v) is 6.31. The summed E-state index contributed by atoms with van der Waals surface area (Å²) in [6.07, 6.45) is 0.875. The summed E-state index contributed by atoms with van der Waals surface area (Å²) in [6, 6.07) is 24.1. The number of ether oxygens (including phenoxy) is 1. The van der Waals surface area contributed by atoms with Crippen molar-refractivity contribution in [2.24, 2.45) is 0 Å². The summed E-state index contributed by atoms with van der Waals surface area (Å²) in [7, 11) is -2.22. The predicted molar refractivity (Wildman–Crippen MR) is 120 cm³/mol. The molecular formula is C24H26N2O4S. The molecule has 1 amide bonds. The van der Waals surface area contributed by atoms with Crippen molar-refractivity contribution in [3.8, 4) is 5.75 Å². The van der Waals surface area contributed by atoms with E-state index in [0.29, 0.717) is 13.0 Å². The lowest BCUT2D eigenvalue weighted by Crippen LogP contribution is -2.48. The van der Waals surface area contributed by atoms with E-state index in [4.69, 9.17) is 4.74 Å². The Morgan fingerprint density at radius 3 is 2.10 bits per heavy atom. The Balaban J connectivity index is 1.68. The zero-order valence-electron chi connectivity index (χ0n) is 17.3. The Morgan fingerprint density at radius 2 is 1.48 bits per heavy atom. The van der Waals surface area contributed by atoms with Gasteiger partial charge in [0.25, 0.3) is 0 Å². The Morgan fingerprint density at radius 1 is 0.871 bits per heavy atom. The molecule has 0 heterocycles. The molecule has 2 N–H and O–H groups in total. The van der Waals surface area contributed by atoms with Gasteiger partial charge in [0.1, 0.15) is 11.8 Å². The molecule has 0 saturated carbocycles. The van der Waals surface area contributed by atoms with Crippen LogP contribution in [0.25, 0.3) is 0 Å². The molecule has 3 rings (SSSR count). The largest absolute Gasteiger partial charge is 0.497 e. The number of sulfonamides is 1. The highest BCUT2D eigenvalue weighted by Gasteiger charge is 2.25. The van der Waals surface area contributed by atoms with Gasteiger partial charge in [-0.3, -0.25) is 4.79 Å². The number of carbonyl (C=O) groups is 1. The minimum absolute atomic E-state index is 0.124. The number of carbonyl (C=O) groups excluding carboxylic acids is 1. The average Bonchev–Trinajstić information content (AvgIpc) is 2.80. The fourth-order valence-electron chi connectivity index (χ4n) is 3.14. The molecule has 31 heavy (non-hydrogen) atoms. The van der Waals surface area contributed by atoms with E-state index in [1.807, 2.05) is 54.6 Å². The van der Waals surface area contributed by atoms with Crippen LogP contribution < -0.4 is 14.8 Å². The number of methoxy groups -OCH3 is 1. The van der Waals surface area contributed by atoms with Crippen molar-refractivity contribution in [3.05, 3.63) is 96.1 Å². The first-order valence-electron chi connectivity index (χ1n) is 10.00. The second kappa shape index (κ2) is 10.7. The van der Waals surface area contributed by atoms with Crippen molar-refractivity contribution in [1.29, 1.82) is 0 Å². The van der Waals surface area contributed by atoms with Crippen LogP contribution >= 0.6 is 0 Å². The molecule has 0 aliphatic rings. The van der Waals surface area contributed by atoms with Crippen LogP contribution in [0.3, 0.4) is 0 Å². The Labute approximate surface area is 183 Å². The molecule has 6 nitrogen and oxygen atoms in total. The highest BCUT2D eigenvalue weighted by molar-refractivity contribution is 7.89. The minimum Gasteiger partial charge on any atom is -0.497 e. The van der Waals surface area contributed by atoms with Crippen molar-refractivity contribution in [1.82, 2.24) is 10.0 Å². The second-order valence-corrected chi connectivity index (χ2v) is 8.78. The van der Waals surface area contributed by atoms with E-state index in [1.165, 1.54) is 12.1 Å². The first kappa shape index (κ1) is 22.5. The Hall–Kier alpha value is -3.16. The summed E-state index contributed by atoms with van der Waals surface area (Å²) in [5.74, 6) is 0.405. The number of hydrogen-bond acceptors (Lipinski definition) is 4. The number of nitrogens with one attached hydrogen (secondary N) is 2. The van der Waals surface area contributed by atoms with E-state index in [0.717, 1.165) is 16.9 Å². The minimum atomic E-state index is -3.83. The van der Waals surface area contributed by atoms with Gasteiger partial charge in [-0.2, -0.15) is 4.72 Å². The molecule has 1 atom stereocenters. The molecule has 3 aromatic rings. The Kier molecular flexibility index (Phi) is 7.81. The molecular weight excluding hydrogens is 412 g/mol. The first-order valence-corrected chi connectivity index (χ1v) is 11.5. The highest BCUT2D eigenvalue weighted by atomic mass is 32.2. The molecule has 0 unspecified atom stereocenters. The zero-order valence-corrected chi connectivity index (χ0v) is 18.1. The van der Waals surface area contributed by atoms with E-state index in [1.54, 1.807) is 25.3 Å². The van der Waals surface area contributed by atoms with Crippen molar-refractivity contribution in [2.45, 2.75) is 23.8 Å². The summed E-state index contributed by atoms with van der Waals surface area (Å²) >= 11 is 0. The summed E-state index contributed by atoms with van der Waals surface area (Å²) in [4.78, 5) is 13.0. The monoisotopic (exact) mass is 438 g/mol. The van der Waals surface area contributed by atoms with Gasteiger partial charge >= 0.3 is 0 Å². The summed E-state index contributed by atoms with van der Waals surface area (Å²) in [5, 5.41) is 2.86. The molecule has 162 valence electrons. The summed E-state index contributed by atoms with van der Waals surface area (Å²) in [5.41, 5.74) is 1.92. The first-order chi connectivity index (χ1) is 15.0. The molecule has 0 aromatic heterocycles. The molecule has 0 saturated heterocycles. The third kappa shape index (κ3) is 6.67. The van der Waals surface area contributed by atoms with Crippen LogP contribution in [0.15, 0.2) is 89.8 Å². The zero-order chi connectivity index (χ0) is 22.1. The summed E-state index contributed by atoms with van der Waals surface area (Å²) < 4.78 is 33.3. The van der Waals surface area contributed by atoms with Gasteiger partial charge in [0.2, 0.25) is 15.9 Å². The number of rotatable bonds is 10. The molecule has 0 spiro atoms. The lowest BCUT2D eigenvalue weighted by molar-refractivity contribution is -0.122. The second-order valence-electron chi connectivity index (χ2n) is 7.07. The van der Waals surface area contributed by atoms with Gasteiger partial charge in [-0.1, -0.05) is 60.7 Å². The molecule has 0 radical (unpaired) electrons. The van der Waals surface area contributed by atoms with Gasteiger partial charge in [0.15, 0.2) is 0 Å². The number of hydrogen-bond donors (Lipinski definition) is 2. The van der Waals surface area contributed by atoms with Gasteiger partial charge in [0.05, 0.1) is 12.0 Å². The lowest BCUT2D eigenvalue weighted by Gasteiger charge is -2.19. The van der Waals surface area contributed by atoms with Gasteiger partial charge < -0.3 is 10.1 Å². The summed E-state index contributed by atoms with van der Waals surface area (Å²) in [6.45, 7) is 0.392. The number of benzene rings is 3. The van der Waals surface area contributed by atoms with Crippen molar-refractivity contribution in [3.63, 3.8) is 0 Å². The molecule has 7 heteroatoms. The van der Waals surface area contributed by atoms with E-state index in [-0.39, 0.29) is 17.2 Å². The normalized spacial score (nSPS) is 12.2. The van der Waals surface area contributed by atoms with Crippen LogP contribution in [0.4, 0.5) is 0 Å². The molecule has 0 aliphatic heterocycles. The van der Waals surface area contributed by atoms with Crippen LogP contribution in [0, 0.1) is 0 Å². The number of amides is 1. The fourth-order valence-corrected chi connectivity index (χ4v) is 4.35. The van der Waals surface area contributed by atoms with Gasteiger partial charge in [0, 0.05) is 6.54 Å². The maximum atomic E-state index is 12.9. The van der Waals surface area contributed by atoms with E-state index < -0.39 is 16.1 Å². The smallest absolute Gasteiger partial charge is 0.241 e. The van der Waals surface area contributed by atoms with E-state index in [9.17, 15) is 13.2 Å². The SMILES string of the molecule is COc1ccc(CCNC(=O)[C@@H](Cc2ccccc2)NS(=O)(=O)c2ccccc2)cc1. The Bertz CT molecular complexity index is 1070. The molecule has 3 aromatic carbocycles. The van der Waals surface area contributed by atoms with Crippen molar-refractivity contribution >= 4 is 15.9 Å². The standard InChI is InChI=1S/C24H26N2O4S/c1-30-21-14-12-19(13-15-21)16-17-25-24(27)23(18-20-8-4-2-5-9-20)26-31(28,29)22-10-6-3-7-11-22/h2-15,23,26H,16-18H2,1H3,(H,25,27)/t23-/m1/s1. The molecule has 0 aliphatic carbocycles. The molecule has 0 bridgehead atoms. The van der Waals surface area contributed by atoms with E-state index in [2.05, 4.69) is 10.0 Å². The van der Waals surface area contributed by atoms with Crippen LogP contribution in [0.5, 0.6) is 5.75 Å². The maximum absolute atomic E-state index is 12.9. The van der Waals surface area contributed by atoms with E-state index >= 15 is 0 Å². The maximum Gasteiger partial charge on any atom is 0.241 e. The quantitative estimate of drug-likeness (QED) is 0.510.